The monoisotopic (exact) mass is 182 g/mol. The average molecular weight is 182 g/mol. The minimum absolute atomic E-state index is 0.00699. The highest BCUT2D eigenvalue weighted by atomic mass is 16.5. The molecule has 0 bridgehead atoms. The van der Waals surface area contributed by atoms with Crippen LogP contribution in [0, 0.1) is 0 Å². The molecule has 0 aliphatic carbocycles. The molecule has 1 heterocycles. The molecule has 0 spiro atoms. The lowest BCUT2D eigenvalue weighted by atomic mass is 10.1. The van der Waals surface area contributed by atoms with Gasteiger partial charge in [0.25, 0.3) is 0 Å². The topological polar surface area (TPSA) is 39.4 Å². The van der Waals surface area contributed by atoms with Crippen molar-refractivity contribution >= 4 is 5.78 Å². The maximum absolute atomic E-state index is 11.5. The zero-order valence-electron chi connectivity index (χ0n) is 8.00. The third-order valence-electron chi connectivity index (χ3n) is 1.80. The summed E-state index contributed by atoms with van der Waals surface area (Å²) >= 11 is 0. The maximum atomic E-state index is 11.5. The van der Waals surface area contributed by atoms with Crippen molar-refractivity contribution < 1.29 is 13.9 Å². The molecule has 0 aliphatic rings. The van der Waals surface area contributed by atoms with E-state index in [1.165, 1.54) is 6.26 Å². The zero-order chi connectivity index (χ0) is 9.68. The maximum Gasteiger partial charge on any atom is 0.191 e. The van der Waals surface area contributed by atoms with E-state index in [1.807, 2.05) is 13.8 Å². The largest absolute Gasteiger partial charge is 0.469 e. The summed E-state index contributed by atoms with van der Waals surface area (Å²) in [6.07, 6.45) is 2.28. The van der Waals surface area contributed by atoms with Gasteiger partial charge in [-0.15, -0.1) is 0 Å². The quantitative estimate of drug-likeness (QED) is 0.654. The molecule has 0 atom stereocenters. The second kappa shape index (κ2) is 4.82. The number of furan rings is 1. The highest BCUT2D eigenvalue weighted by Gasteiger charge is 2.12. The molecule has 1 aromatic rings. The van der Waals surface area contributed by atoms with E-state index in [0.29, 0.717) is 12.2 Å². The summed E-state index contributed by atoms with van der Waals surface area (Å²) in [6, 6.07) is 1.69. The molecule has 0 amide bonds. The highest BCUT2D eigenvalue weighted by Crippen LogP contribution is 2.11. The zero-order valence-corrected chi connectivity index (χ0v) is 8.00. The van der Waals surface area contributed by atoms with E-state index in [-0.39, 0.29) is 12.4 Å². The molecule has 3 heteroatoms. The van der Waals surface area contributed by atoms with E-state index < -0.39 is 0 Å². The first-order valence-corrected chi connectivity index (χ1v) is 4.46. The van der Waals surface area contributed by atoms with Crippen molar-refractivity contribution in [3.05, 3.63) is 23.7 Å². The second-order valence-electron chi connectivity index (χ2n) is 2.67. The predicted molar refractivity (Wildman–Crippen MR) is 48.9 cm³/mol. The number of Topliss-reactive ketones (excluding diaryl/α,β-unsaturated/α-hetero) is 1. The van der Waals surface area contributed by atoms with Crippen LogP contribution in [0.1, 0.15) is 30.0 Å². The molecule has 0 N–H and O–H groups in total. The number of rotatable bonds is 5. The average Bonchev–Trinajstić information content (AvgIpc) is 2.61. The van der Waals surface area contributed by atoms with Gasteiger partial charge in [-0.05, 0) is 13.0 Å². The molecule has 0 unspecified atom stereocenters. The molecule has 0 saturated carbocycles. The number of carbonyl (C=O) groups excluding carboxylic acids is 1. The van der Waals surface area contributed by atoms with Crippen LogP contribution < -0.4 is 0 Å². The molecule has 1 rings (SSSR count). The van der Waals surface area contributed by atoms with Gasteiger partial charge in [0.1, 0.15) is 12.4 Å². The number of aryl methyl sites for hydroxylation is 1. The van der Waals surface area contributed by atoms with Gasteiger partial charge in [-0.25, -0.2) is 0 Å². The standard InChI is InChI=1S/C10H14O3/c1-3-10-8(5-6-13-10)9(11)7-12-4-2/h5-6H,3-4,7H2,1-2H3. The van der Waals surface area contributed by atoms with Gasteiger partial charge in [0, 0.05) is 13.0 Å². The molecule has 0 radical (unpaired) electrons. The van der Waals surface area contributed by atoms with Crippen molar-refractivity contribution in [1.29, 1.82) is 0 Å². The lowest BCUT2D eigenvalue weighted by Crippen LogP contribution is -2.09. The Morgan fingerprint density at radius 3 is 2.92 bits per heavy atom. The fourth-order valence-corrected chi connectivity index (χ4v) is 1.14. The summed E-state index contributed by atoms with van der Waals surface area (Å²) < 4.78 is 10.2. The Morgan fingerprint density at radius 1 is 1.54 bits per heavy atom. The number of hydrogen-bond acceptors (Lipinski definition) is 3. The van der Waals surface area contributed by atoms with Crippen molar-refractivity contribution in [3.8, 4) is 0 Å². The first-order valence-electron chi connectivity index (χ1n) is 4.46. The first-order chi connectivity index (χ1) is 6.29. The van der Waals surface area contributed by atoms with Gasteiger partial charge in [-0.1, -0.05) is 6.92 Å². The molecule has 13 heavy (non-hydrogen) atoms. The van der Waals surface area contributed by atoms with E-state index in [2.05, 4.69) is 0 Å². The summed E-state index contributed by atoms with van der Waals surface area (Å²) in [5, 5.41) is 0. The van der Waals surface area contributed by atoms with Crippen LogP contribution in [0.4, 0.5) is 0 Å². The molecular weight excluding hydrogens is 168 g/mol. The van der Waals surface area contributed by atoms with Crippen molar-refractivity contribution in [2.45, 2.75) is 20.3 Å². The Labute approximate surface area is 77.7 Å². The Morgan fingerprint density at radius 2 is 2.31 bits per heavy atom. The summed E-state index contributed by atoms with van der Waals surface area (Å²) in [6.45, 7) is 4.52. The van der Waals surface area contributed by atoms with Gasteiger partial charge >= 0.3 is 0 Å². The molecule has 0 aromatic carbocycles. The predicted octanol–water partition coefficient (Wildman–Crippen LogP) is 2.06. The molecule has 0 fully saturated rings. The van der Waals surface area contributed by atoms with E-state index in [9.17, 15) is 4.79 Å². The van der Waals surface area contributed by atoms with Crippen LogP contribution >= 0.6 is 0 Å². The molecule has 1 aromatic heterocycles. The minimum atomic E-state index is -0.00699. The minimum Gasteiger partial charge on any atom is -0.469 e. The van der Waals surface area contributed by atoms with E-state index in [4.69, 9.17) is 9.15 Å². The Hall–Kier alpha value is -1.09. The molecular formula is C10H14O3. The lowest BCUT2D eigenvalue weighted by molar-refractivity contribution is 0.0781. The van der Waals surface area contributed by atoms with Gasteiger partial charge in [-0.2, -0.15) is 0 Å². The summed E-state index contributed by atoms with van der Waals surface area (Å²) in [5.74, 6) is 0.733. The van der Waals surface area contributed by atoms with Crippen molar-refractivity contribution in [3.63, 3.8) is 0 Å². The van der Waals surface area contributed by atoms with E-state index in [1.54, 1.807) is 6.07 Å². The smallest absolute Gasteiger partial charge is 0.191 e. The third kappa shape index (κ3) is 2.42. The summed E-state index contributed by atoms with van der Waals surface area (Å²) in [7, 11) is 0. The number of ether oxygens (including phenoxy) is 1. The number of hydrogen-bond donors (Lipinski definition) is 0. The molecule has 72 valence electrons. The Bertz CT molecular complexity index is 275. The number of carbonyl (C=O) groups is 1. The van der Waals surface area contributed by atoms with Crippen LogP contribution in [0.15, 0.2) is 16.7 Å². The van der Waals surface area contributed by atoms with Crippen LogP contribution in [-0.2, 0) is 11.2 Å². The fourth-order valence-electron chi connectivity index (χ4n) is 1.14. The Balaban J connectivity index is 2.65. The van der Waals surface area contributed by atoms with Crippen LogP contribution in [0.3, 0.4) is 0 Å². The SMILES string of the molecule is CCOCC(=O)c1ccoc1CC. The highest BCUT2D eigenvalue weighted by molar-refractivity contribution is 5.97. The number of ketones is 1. The fraction of sp³-hybridized carbons (Fsp3) is 0.500. The second-order valence-corrected chi connectivity index (χ2v) is 2.67. The lowest BCUT2D eigenvalue weighted by Gasteiger charge is -1.99. The molecule has 0 saturated heterocycles. The molecule has 3 nitrogen and oxygen atoms in total. The van der Waals surface area contributed by atoms with Crippen molar-refractivity contribution in [2.24, 2.45) is 0 Å². The third-order valence-corrected chi connectivity index (χ3v) is 1.80. The van der Waals surface area contributed by atoms with Crippen molar-refractivity contribution in [2.75, 3.05) is 13.2 Å². The van der Waals surface area contributed by atoms with Gasteiger partial charge in [0.2, 0.25) is 0 Å². The van der Waals surface area contributed by atoms with Crippen LogP contribution in [0.5, 0.6) is 0 Å². The van der Waals surface area contributed by atoms with Gasteiger partial charge in [0.05, 0.1) is 11.8 Å². The van der Waals surface area contributed by atoms with Crippen LogP contribution in [0.25, 0.3) is 0 Å². The Kier molecular flexibility index (Phi) is 3.71. The normalized spacial score (nSPS) is 10.3. The van der Waals surface area contributed by atoms with Crippen LogP contribution in [0.2, 0.25) is 0 Å². The summed E-state index contributed by atoms with van der Waals surface area (Å²) in [5.41, 5.74) is 0.649. The molecule has 0 aliphatic heterocycles. The first kappa shape index (κ1) is 9.99. The van der Waals surface area contributed by atoms with E-state index >= 15 is 0 Å². The van der Waals surface area contributed by atoms with Crippen molar-refractivity contribution in [1.82, 2.24) is 0 Å². The van der Waals surface area contributed by atoms with Crippen LogP contribution in [-0.4, -0.2) is 19.0 Å². The van der Waals surface area contributed by atoms with E-state index in [0.717, 1.165) is 12.2 Å². The van der Waals surface area contributed by atoms with Gasteiger partial charge < -0.3 is 9.15 Å². The van der Waals surface area contributed by atoms with Gasteiger partial charge in [0.15, 0.2) is 5.78 Å². The summed E-state index contributed by atoms with van der Waals surface area (Å²) in [4.78, 5) is 11.5. The van der Waals surface area contributed by atoms with Gasteiger partial charge in [-0.3, -0.25) is 4.79 Å².